The summed E-state index contributed by atoms with van der Waals surface area (Å²) >= 11 is 0. The molecule has 0 amide bonds. The second kappa shape index (κ2) is 4.60. The number of hydrogen-bond acceptors (Lipinski definition) is 3. The minimum atomic E-state index is -4.46. The van der Waals surface area contributed by atoms with Gasteiger partial charge in [0.1, 0.15) is 6.04 Å². The first-order valence-corrected chi connectivity index (χ1v) is 5.45. The van der Waals surface area contributed by atoms with Crippen LogP contribution in [0.3, 0.4) is 0 Å². The van der Waals surface area contributed by atoms with Crippen molar-refractivity contribution in [1.82, 2.24) is 15.1 Å². The summed E-state index contributed by atoms with van der Waals surface area (Å²) in [6, 6.07) is -0.762. The third-order valence-electron chi connectivity index (χ3n) is 2.64. The highest BCUT2D eigenvalue weighted by atomic mass is 19.4. The minimum absolute atomic E-state index is 0.123. The summed E-state index contributed by atoms with van der Waals surface area (Å²) in [6.45, 7) is -0.123. The molecule has 0 aromatic carbocycles. The smallest absolute Gasteiger partial charge is 0.419 e. The maximum Gasteiger partial charge on any atom is 0.419 e. The fourth-order valence-corrected chi connectivity index (χ4v) is 1.53. The van der Waals surface area contributed by atoms with E-state index in [0.29, 0.717) is 6.20 Å². The second-order valence-electron chi connectivity index (χ2n) is 4.28. The molecular formula is C10H12F3N3O2. The lowest BCUT2D eigenvalue weighted by atomic mass is 10.3. The fourth-order valence-electron chi connectivity index (χ4n) is 1.53. The average Bonchev–Trinajstić information content (AvgIpc) is 2.91. The maximum absolute atomic E-state index is 12.3. The SMILES string of the molecule is O=C(O)[C@@H](Cn1cc(C(F)(F)F)cn1)NC1CC1. The number of carboxylic acids is 1. The highest BCUT2D eigenvalue weighted by molar-refractivity contribution is 5.73. The van der Waals surface area contributed by atoms with Crippen molar-refractivity contribution < 1.29 is 23.1 Å². The van der Waals surface area contributed by atoms with Crippen LogP contribution in [0.2, 0.25) is 0 Å². The van der Waals surface area contributed by atoms with Gasteiger partial charge in [-0.15, -0.1) is 0 Å². The van der Waals surface area contributed by atoms with Crippen LogP contribution in [0, 0.1) is 0 Å². The molecule has 1 fully saturated rings. The molecule has 0 saturated heterocycles. The Labute approximate surface area is 101 Å². The number of rotatable bonds is 5. The van der Waals surface area contributed by atoms with Crippen molar-refractivity contribution in [3.63, 3.8) is 0 Å². The summed E-state index contributed by atoms with van der Waals surface area (Å²) < 4.78 is 38.0. The molecule has 1 aliphatic carbocycles. The van der Waals surface area contributed by atoms with Gasteiger partial charge in [0.2, 0.25) is 0 Å². The van der Waals surface area contributed by atoms with E-state index in [4.69, 9.17) is 5.11 Å². The zero-order chi connectivity index (χ0) is 13.3. The van der Waals surface area contributed by atoms with Gasteiger partial charge in [-0.05, 0) is 12.8 Å². The van der Waals surface area contributed by atoms with Crippen LogP contribution in [-0.4, -0.2) is 32.9 Å². The highest BCUT2D eigenvalue weighted by Crippen LogP contribution is 2.28. The van der Waals surface area contributed by atoms with Gasteiger partial charge in [-0.1, -0.05) is 0 Å². The summed E-state index contributed by atoms with van der Waals surface area (Å²) in [7, 11) is 0. The van der Waals surface area contributed by atoms with Gasteiger partial charge in [0.05, 0.1) is 18.3 Å². The Morgan fingerprint density at radius 2 is 2.28 bits per heavy atom. The van der Waals surface area contributed by atoms with E-state index in [9.17, 15) is 18.0 Å². The average molecular weight is 263 g/mol. The Morgan fingerprint density at radius 3 is 2.72 bits per heavy atom. The summed E-state index contributed by atoms with van der Waals surface area (Å²) in [4.78, 5) is 10.9. The summed E-state index contributed by atoms with van der Waals surface area (Å²) in [5, 5.41) is 15.3. The topological polar surface area (TPSA) is 67.1 Å². The van der Waals surface area contributed by atoms with Gasteiger partial charge in [0.25, 0.3) is 0 Å². The van der Waals surface area contributed by atoms with Gasteiger partial charge in [0.15, 0.2) is 0 Å². The van der Waals surface area contributed by atoms with Crippen LogP contribution < -0.4 is 5.32 Å². The van der Waals surface area contributed by atoms with Crippen molar-refractivity contribution in [2.75, 3.05) is 0 Å². The Kier molecular flexibility index (Phi) is 3.29. The second-order valence-corrected chi connectivity index (χ2v) is 4.28. The zero-order valence-electron chi connectivity index (χ0n) is 9.31. The predicted molar refractivity (Wildman–Crippen MR) is 54.8 cm³/mol. The van der Waals surface area contributed by atoms with Crippen LogP contribution in [-0.2, 0) is 17.5 Å². The van der Waals surface area contributed by atoms with Gasteiger partial charge in [-0.2, -0.15) is 18.3 Å². The molecule has 1 aliphatic rings. The molecule has 1 aromatic heterocycles. The zero-order valence-corrected chi connectivity index (χ0v) is 9.31. The van der Waals surface area contributed by atoms with Crippen molar-refractivity contribution in [2.24, 2.45) is 0 Å². The third-order valence-corrected chi connectivity index (χ3v) is 2.64. The van der Waals surface area contributed by atoms with Crippen molar-refractivity contribution >= 4 is 5.97 Å². The Bertz CT molecular complexity index is 440. The first-order chi connectivity index (χ1) is 8.36. The normalized spacial score (nSPS) is 17.7. The molecule has 1 atom stereocenters. The molecule has 100 valence electrons. The lowest BCUT2D eigenvalue weighted by Gasteiger charge is -2.13. The monoisotopic (exact) mass is 263 g/mol. The minimum Gasteiger partial charge on any atom is -0.480 e. The van der Waals surface area contributed by atoms with E-state index in [-0.39, 0.29) is 12.6 Å². The van der Waals surface area contributed by atoms with Crippen LogP contribution in [0.25, 0.3) is 0 Å². The number of aliphatic carboxylic acids is 1. The van der Waals surface area contributed by atoms with Gasteiger partial charge in [-0.3, -0.25) is 9.48 Å². The van der Waals surface area contributed by atoms with Gasteiger partial charge in [0, 0.05) is 12.2 Å². The number of nitrogens with zero attached hydrogens (tertiary/aromatic N) is 2. The van der Waals surface area contributed by atoms with E-state index < -0.39 is 23.8 Å². The molecule has 0 aliphatic heterocycles. The van der Waals surface area contributed by atoms with E-state index in [0.717, 1.165) is 23.7 Å². The molecule has 8 heteroatoms. The molecule has 1 aromatic rings. The Balaban J connectivity index is 2.01. The fraction of sp³-hybridized carbons (Fsp3) is 0.600. The molecule has 2 rings (SSSR count). The lowest BCUT2D eigenvalue weighted by Crippen LogP contribution is -2.41. The number of aromatic nitrogens is 2. The van der Waals surface area contributed by atoms with Crippen LogP contribution in [0.1, 0.15) is 18.4 Å². The third kappa shape index (κ3) is 3.22. The Morgan fingerprint density at radius 1 is 1.61 bits per heavy atom. The van der Waals surface area contributed by atoms with E-state index in [1.54, 1.807) is 0 Å². The first kappa shape index (κ1) is 12.9. The summed E-state index contributed by atoms with van der Waals surface area (Å²) in [5.41, 5.74) is -0.877. The molecule has 1 heterocycles. The molecule has 18 heavy (non-hydrogen) atoms. The number of carbonyl (C=O) groups is 1. The molecule has 0 radical (unpaired) electrons. The molecule has 2 N–H and O–H groups in total. The lowest BCUT2D eigenvalue weighted by molar-refractivity contribution is -0.140. The Hall–Kier alpha value is -1.57. The van der Waals surface area contributed by atoms with E-state index in [1.165, 1.54) is 0 Å². The van der Waals surface area contributed by atoms with Crippen LogP contribution in [0.5, 0.6) is 0 Å². The maximum atomic E-state index is 12.3. The van der Waals surface area contributed by atoms with E-state index in [2.05, 4.69) is 10.4 Å². The molecular weight excluding hydrogens is 251 g/mol. The summed E-state index contributed by atoms with van der Waals surface area (Å²) in [5.74, 6) is -1.09. The van der Waals surface area contributed by atoms with E-state index in [1.807, 2.05) is 0 Å². The molecule has 0 bridgehead atoms. The summed E-state index contributed by atoms with van der Waals surface area (Å²) in [6.07, 6.45) is -1.16. The highest BCUT2D eigenvalue weighted by Gasteiger charge is 2.33. The van der Waals surface area contributed by atoms with Gasteiger partial charge < -0.3 is 10.4 Å². The number of halogens is 3. The number of alkyl halides is 3. The van der Waals surface area contributed by atoms with Gasteiger partial charge in [-0.25, -0.2) is 0 Å². The van der Waals surface area contributed by atoms with Crippen LogP contribution in [0.4, 0.5) is 13.2 Å². The van der Waals surface area contributed by atoms with Crippen molar-refractivity contribution in [2.45, 2.75) is 37.6 Å². The predicted octanol–water partition coefficient (Wildman–Crippen LogP) is 1.11. The standard InChI is InChI=1S/C10H12F3N3O2/c11-10(12,13)6-3-14-16(4-6)5-8(9(17)18)15-7-1-2-7/h3-4,7-8,15H,1-2,5H2,(H,17,18)/t8-/m1/s1. The van der Waals surface area contributed by atoms with Crippen LogP contribution >= 0.6 is 0 Å². The van der Waals surface area contributed by atoms with Crippen molar-refractivity contribution in [3.8, 4) is 0 Å². The number of carboxylic acid groups (broad SMARTS) is 1. The van der Waals surface area contributed by atoms with E-state index >= 15 is 0 Å². The van der Waals surface area contributed by atoms with Crippen LogP contribution in [0.15, 0.2) is 12.4 Å². The number of nitrogens with one attached hydrogen (secondary N) is 1. The number of hydrogen-bond donors (Lipinski definition) is 2. The largest absolute Gasteiger partial charge is 0.480 e. The van der Waals surface area contributed by atoms with Gasteiger partial charge >= 0.3 is 12.1 Å². The molecule has 5 nitrogen and oxygen atoms in total. The van der Waals surface area contributed by atoms with Crippen molar-refractivity contribution in [3.05, 3.63) is 18.0 Å². The first-order valence-electron chi connectivity index (χ1n) is 5.45. The van der Waals surface area contributed by atoms with Crippen molar-refractivity contribution in [1.29, 1.82) is 0 Å². The molecule has 1 saturated carbocycles. The quantitative estimate of drug-likeness (QED) is 0.835. The molecule has 0 spiro atoms. The molecule has 0 unspecified atom stereocenters.